The molecule has 3 fully saturated rings. The number of nitrogens with two attached hydrogens (primary N) is 1. The maximum Gasteiger partial charge on any atom is 0.418 e. The molecule has 1 aliphatic heterocycles. The monoisotopic (exact) mass is 675 g/mol. The van der Waals surface area contributed by atoms with Gasteiger partial charge >= 0.3 is 12.2 Å². The van der Waals surface area contributed by atoms with Gasteiger partial charge in [0.15, 0.2) is 17.0 Å². The first-order chi connectivity index (χ1) is 20.6. The number of urea groups is 1. The second-order valence-corrected chi connectivity index (χ2v) is 11.9. The van der Waals surface area contributed by atoms with Gasteiger partial charge < -0.3 is 31.2 Å². The fourth-order valence-corrected chi connectivity index (χ4v) is 6.45. The van der Waals surface area contributed by atoms with Gasteiger partial charge in [-0.25, -0.2) is 14.2 Å². The summed E-state index contributed by atoms with van der Waals surface area (Å²) in [7, 11) is 0. The van der Waals surface area contributed by atoms with E-state index in [0.717, 1.165) is 56.3 Å². The number of carbonyl (C=O) groups is 1. The normalized spacial score (nSPS) is 21.2. The summed E-state index contributed by atoms with van der Waals surface area (Å²) in [6.45, 7) is 0.647. The third-order valence-electron chi connectivity index (χ3n) is 8.90. The number of anilines is 3. The van der Waals surface area contributed by atoms with Gasteiger partial charge in [-0.3, -0.25) is 0 Å². The van der Waals surface area contributed by atoms with Gasteiger partial charge in [-0.05, 0) is 69.6 Å². The van der Waals surface area contributed by atoms with E-state index < -0.39 is 29.3 Å². The van der Waals surface area contributed by atoms with Crippen molar-refractivity contribution in [3.8, 4) is 0 Å². The number of benzene rings is 1. The standard InChI is InChI=1S/C29H37F4N9O.2ClH/c30-17-5-10-23(22(15-17)29(31,32)33)38-28(43)41-13-11-20(12-14-41)36-25-24-26(42(16-35-24)21-3-1-2-4-21)40-27(39-25)37-19-8-6-18(34)7-9-19;;/h5,10,15-16,18-21H,1-4,6-9,11-14,34H2,(H,38,43)(H2,36,37,39,40);2*1H. The minimum absolute atomic E-state index is 0. The molecule has 1 aromatic carbocycles. The fraction of sp³-hybridized carbons (Fsp3) is 0.586. The van der Waals surface area contributed by atoms with E-state index in [0.29, 0.717) is 55.3 Å². The highest BCUT2D eigenvalue weighted by Crippen LogP contribution is 2.36. The van der Waals surface area contributed by atoms with Crippen LogP contribution in [0.3, 0.4) is 0 Å². The number of hydrogen-bond donors (Lipinski definition) is 4. The Morgan fingerprint density at radius 1 is 0.911 bits per heavy atom. The largest absolute Gasteiger partial charge is 0.418 e. The Kier molecular flexibility index (Phi) is 11.2. The minimum Gasteiger partial charge on any atom is -0.365 e. The van der Waals surface area contributed by atoms with Crippen molar-refractivity contribution in [2.45, 2.75) is 94.6 Å². The zero-order valence-corrected chi connectivity index (χ0v) is 26.3. The molecule has 16 heteroatoms. The SMILES string of the molecule is Cl.Cl.NC1CCC(Nc2nc(NC3CCN(C(=O)Nc4ccc(F)cc4C(F)(F)F)CC3)c3ncn(C4CCCC4)c3n2)CC1. The van der Waals surface area contributed by atoms with Crippen molar-refractivity contribution in [3.05, 3.63) is 35.9 Å². The third kappa shape index (κ3) is 8.01. The number of likely N-dealkylation sites (tertiary alicyclic amines) is 1. The number of hydrogen-bond acceptors (Lipinski definition) is 7. The number of imidazole rings is 1. The molecule has 3 aliphatic rings. The third-order valence-corrected chi connectivity index (χ3v) is 8.90. The highest BCUT2D eigenvalue weighted by atomic mass is 35.5. The molecular formula is C29H39Cl2F4N9O. The first-order valence-electron chi connectivity index (χ1n) is 15.1. The molecule has 2 saturated carbocycles. The Hall–Kier alpha value is -3.10. The molecular weight excluding hydrogens is 637 g/mol. The molecule has 6 rings (SSSR count). The molecule has 2 aromatic heterocycles. The van der Waals surface area contributed by atoms with Crippen LogP contribution in [0, 0.1) is 5.82 Å². The van der Waals surface area contributed by atoms with Gasteiger partial charge in [0.2, 0.25) is 5.95 Å². The van der Waals surface area contributed by atoms with E-state index >= 15 is 0 Å². The molecule has 248 valence electrons. The van der Waals surface area contributed by atoms with E-state index in [-0.39, 0.29) is 42.9 Å². The van der Waals surface area contributed by atoms with Gasteiger partial charge in [-0.15, -0.1) is 24.8 Å². The molecule has 3 heterocycles. The van der Waals surface area contributed by atoms with Crippen LogP contribution >= 0.6 is 24.8 Å². The number of amides is 2. The summed E-state index contributed by atoms with van der Waals surface area (Å²) in [5, 5.41) is 9.35. The van der Waals surface area contributed by atoms with Crippen LogP contribution in [0.4, 0.5) is 39.8 Å². The van der Waals surface area contributed by atoms with Crippen molar-refractivity contribution >= 4 is 59.5 Å². The van der Waals surface area contributed by atoms with Crippen molar-refractivity contribution in [1.82, 2.24) is 24.4 Å². The van der Waals surface area contributed by atoms with Crippen LogP contribution in [-0.2, 0) is 6.18 Å². The van der Waals surface area contributed by atoms with E-state index in [1.165, 1.54) is 17.7 Å². The van der Waals surface area contributed by atoms with Crippen LogP contribution < -0.4 is 21.7 Å². The number of nitrogens with one attached hydrogen (secondary N) is 3. The second-order valence-electron chi connectivity index (χ2n) is 11.9. The number of alkyl halides is 3. The molecule has 0 bridgehead atoms. The maximum absolute atomic E-state index is 13.5. The summed E-state index contributed by atoms with van der Waals surface area (Å²) in [6, 6.07) is 2.35. The average molecular weight is 677 g/mol. The lowest BCUT2D eigenvalue weighted by Crippen LogP contribution is -2.44. The van der Waals surface area contributed by atoms with E-state index in [2.05, 4.69) is 25.5 Å². The van der Waals surface area contributed by atoms with Gasteiger partial charge in [0.1, 0.15) is 5.82 Å². The van der Waals surface area contributed by atoms with Crippen molar-refractivity contribution in [3.63, 3.8) is 0 Å². The van der Waals surface area contributed by atoms with Gasteiger partial charge in [-0.2, -0.15) is 23.1 Å². The minimum atomic E-state index is -4.80. The topological polar surface area (TPSA) is 126 Å². The Bertz CT molecular complexity index is 1450. The predicted octanol–water partition coefficient (Wildman–Crippen LogP) is 6.73. The lowest BCUT2D eigenvalue weighted by Gasteiger charge is -2.33. The van der Waals surface area contributed by atoms with E-state index in [4.69, 9.17) is 15.7 Å². The zero-order valence-electron chi connectivity index (χ0n) is 24.7. The first kappa shape index (κ1) is 34.8. The number of rotatable bonds is 6. The molecule has 2 aliphatic carbocycles. The van der Waals surface area contributed by atoms with Gasteiger partial charge in [0.05, 0.1) is 17.6 Å². The summed E-state index contributed by atoms with van der Waals surface area (Å²) in [4.78, 5) is 28.7. The van der Waals surface area contributed by atoms with Gasteiger partial charge in [0.25, 0.3) is 0 Å². The number of nitrogens with zero attached hydrogens (tertiary/aromatic N) is 5. The number of piperidine rings is 1. The Morgan fingerprint density at radius 3 is 2.24 bits per heavy atom. The molecule has 0 unspecified atom stereocenters. The predicted molar refractivity (Wildman–Crippen MR) is 170 cm³/mol. The van der Waals surface area contributed by atoms with Crippen molar-refractivity contribution < 1.29 is 22.4 Å². The van der Waals surface area contributed by atoms with Crippen LogP contribution in [0.2, 0.25) is 0 Å². The molecule has 0 radical (unpaired) electrons. The Morgan fingerprint density at radius 2 is 1.58 bits per heavy atom. The van der Waals surface area contributed by atoms with Crippen LogP contribution in [0.25, 0.3) is 11.2 Å². The molecule has 1 saturated heterocycles. The number of aromatic nitrogens is 4. The van der Waals surface area contributed by atoms with Crippen LogP contribution in [-0.4, -0.2) is 61.7 Å². The van der Waals surface area contributed by atoms with Crippen molar-refractivity contribution in [1.29, 1.82) is 0 Å². The van der Waals surface area contributed by atoms with E-state index in [1.54, 1.807) is 0 Å². The number of fused-ring (bicyclic) bond motifs is 1. The molecule has 45 heavy (non-hydrogen) atoms. The lowest BCUT2D eigenvalue weighted by atomic mass is 9.92. The summed E-state index contributed by atoms with van der Waals surface area (Å²) >= 11 is 0. The number of halogens is 6. The molecule has 10 nitrogen and oxygen atoms in total. The Balaban J connectivity index is 0.00000230. The van der Waals surface area contributed by atoms with Crippen molar-refractivity contribution in [2.24, 2.45) is 5.73 Å². The van der Waals surface area contributed by atoms with E-state index in [9.17, 15) is 22.4 Å². The Labute approximate surface area is 271 Å². The summed E-state index contributed by atoms with van der Waals surface area (Å²) < 4.78 is 55.8. The van der Waals surface area contributed by atoms with Crippen LogP contribution in [0.15, 0.2) is 24.5 Å². The highest BCUT2D eigenvalue weighted by molar-refractivity contribution is 5.90. The van der Waals surface area contributed by atoms with Crippen molar-refractivity contribution in [2.75, 3.05) is 29.0 Å². The summed E-state index contributed by atoms with van der Waals surface area (Å²) in [5.74, 6) is 0.151. The number of carbonyl (C=O) groups excluding carboxylic acids is 1. The summed E-state index contributed by atoms with van der Waals surface area (Å²) in [5.41, 5.74) is 5.89. The summed E-state index contributed by atoms with van der Waals surface area (Å²) in [6.07, 6.45) is 6.51. The molecule has 0 spiro atoms. The maximum atomic E-state index is 13.5. The first-order valence-corrected chi connectivity index (χ1v) is 15.1. The second kappa shape index (κ2) is 14.5. The average Bonchev–Trinajstić information content (AvgIpc) is 3.65. The molecule has 0 atom stereocenters. The van der Waals surface area contributed by atoms with Gasteiger partial charge in [0, 0.05) is 37.3 Å². The zero-order chi connectivity index (χ0) is 30.1. The van der Waals surface area contributed by atoms with Crippen LogP contribution in [0.5, 0.6) is 0 Å². The van der Waals surface area contributed by atoms with Crippen LogP contribution in [0.1, 0.15) is 75.8 Å². The van der Waals surface area contributed by atoms with E-state index in [1.807, 2.05) is 6.33 Å². The molecule has 2 amide bonds. The smallest absolute Gasteiger partial charge is 0.365 e. The fourth-order valence-electron chi connectivity index (χ4n) is 6.45. The molecule has 5 N–H and O–H groups in total. The quantitative estimate of drug-likeness (QED) is 0.213. The highest BCUT2D eigenvalue weighted by Gasteiger charge is 2.35. The lowest BCUT2D eigenvalue weighted by molar-refractivity contribution is -0.137. The molecule has 3 aromatic rings. The van der Waals surface area contributed by atoms with Gasteiger partial charge in [-0.1, -0.05) is 12.8 Å².